The molecule has 0 spiro atoms. The van der Waals surface area contributed by atoms with Crippen molar-refractivity contribution < 1.29 is 5.11 Å². The van der Waals surface area contributed by atoms with Crippen molar-refractivity contribution in [2.75, 3.05) is 20.3 Å². The smallest absolute Gasteiger partial charge is 0.0933 e. The molecule has 0 unspecified atom stereocenters. The van der Waals surface area contributed by atoms with Crippen LogP contribution in [0.15, 0.2) is 0 Å². The summed E-state index contributed by atoms with van der Waals surface area (Å²) in [6.45, 7) is 2.95. The molecule has 0 aromatic heterocycles. The molecule has 0 rings (SSSR count). The Morgan fingerprint density at radius 2 is 2.25 bits per heavy atom. The van der Waals surface area contributed by atoms with Crippen LogP contribution in [-0.4, -0.2) is 31.5 Å². The van der Waals surface area contributed by atoms with Crippen LogP contribution in [0.1, 0.15) is 6.92 Å². The average Bonchev–Trinajstić information content (AvgIpc) is 1.68. The standard InChI is InChI=1S/C5H14N2O/c1-5(3-6-2)7-4-8/h5-8H,3-4H2,1-2H3/t5-/m1/s1. The number of hydrogen-bond acceptors (Lipinski definition) is 3. The van der Waals surface area contributed by atoms with E-state index in [2.05, 4.69) is 10.6 Å². The lowest BCUT2D eigenvalue weighted by Crippen LogP contribution is -2.35. The molecule has 0 radical (unpaired) electrons. The minimum absolute atomic E-state index is 0.0584. The van der Waals surface area contributed by atoms with Crippen molar-refractivity contribution >= 4 is 0 Å². The molecule has 0 aliphatic heterocycles. The normalized spacial score (nSPS) is 13.9. The monoisotopic (exact) mass is 118 g/mol. The molecule has 0 saturated carbocycles. The van der Waals surface area contributed by atoms with E-state index in [0.717, 1.165) is 6.54 Å². The van der Waals surface area contributed by atoms with Crippen LogP contribution in [0.4, 0.5) is 0 Å². The van der Waals surface area contributed by atoms with E-state index in [1.54, 1.807) is 0 Å². The maximum absolute atomic E-state index is 8.32. The van der Waals surface area contributed by atoms with Gasteiger partial charge in [-0.25, -0.2) is 0 Å². The van der Waals surface area contributed by atoms with Gasteiger partial charge in [-0.2, -0.15) is 0 Å². The summed E-state index contributed by atoms with van der Waals surface area (Å²) in [5.41, 5.74) is 0. The molecular formula is C5H14N2O. The Bertz CT molecular complexity index is 43.7. The maximum atomic E-state index is 8.32. The van der Waals surface area contributed by atoms with E-state index in [9.17, 15) is 0 Å². The molecule has 3 nitrogen and oxygen atoms in total. The van der Waals surface area contributed by atoms with Crippen LogP contribution in [-0.2, 0) is 0 Å². The van der Waals surface area contributed by atoms with Crippen molar-refractivity contribution in [2.45, 2.75) is 13.0 Å². The quantitative estimate of drug-likeness (QED) is 0.421. The molecule has 0 aromatic rings. The zero-order chi connectivity index (χ0) is 6.41. The Kier molecular flexibility index (Phi) is 4.95. The fourth-order valence-electron chi connectivity index (χ4n) is 0.534. The minimum atomic E-state index is 0.0584. The Hall–Kier alpha value is -0.120. The summed E-state index contributed by atoms with van der Waals surface area (Å²) in [5, 5.41) is 14.1. The highest BCUT2D eigenvalue weighted by Crippen LogP contribution is 1.72. The van der Waals surface area contributed by atoms with Gasteiger partial charge >= 0.3 is 0 Å². The van der Waals surface area contributed by atoms with E-state index in [0.29, 0.717) is 6.04 Å². The van der Waals surface area contributed by atoms with Crippen LogP contribution in [0, 0.1) is 0 Å². The van der Waals surface area contributed by atoms with Gasteiger partial charge in [0.25, 0.3) is 0 Å². The van der Waals surface area contributed by atoms with Crippen molar-refractivity contribution in [1.29, 1.82) is 0 Å². The summed E-state index contributed by atoms with van der Waals surface area (Å²) >= 11 is 0. The van der Waals surface area contributed by atoms with Crippen molar-refractivity contribution in [1.82, 2.24) is 10.6 Å². The molecular weight excluding hydrogens is 104 g/mol. The van der Waals surface area contributed by atoms with E-state index in [4.69, 9.17) is 5.11 Å². The van der Waals surface area contributed by atoms with Crippen LogP contribution in [0.5, 0.6) is 0 Å². The SMILES string of the molecule is CNC[C@@H](C)NCO. The molecule has 1 atom stereocenters. The third-order valence-electron chi connectivity index (χ3n) is 0.950. The molecule has 0 bridgehead atoms. The minimum Gasteiger partial charge on any atom is -0.381 e. The molecule has 0 aromatic carbocycles. The number of rotatable bonds is 4. The summed E-state index contributed by atoms with van der Waals surface area (Å²) in [6.07, 6.45) is 0. The largest absolute Gasteiger partial charge is 0.381 e. The highest BCUT2D eigenvalue weighted by atomic mass is 16.3. The van der Waals surface area contributed by atoms with Gasteiger partial charge in [0.15, 0.2) is 0 Å². The zero-order valence-corrected chi connectivity index (χ0v) is 5.44. The second-order valence-corrected chi connectivity index (χ2v) is 1.82. The Labute approximate surface area is 50.1 Å². The van der Waals surface area contributed by atoms with E-state index in [1.165, 1.54) is 0 Å². The number of hydrogen-bond donors (Lipinski definition) is 3. The van der Waals surface area contributed by atoms with Gasteiger partial charge in [-0.1, -0.05) is 0 Å². The van der Waals surface area contributed by atoms with Crippen LogP contribution in [0.25, 0.3) is 0 Å². The number of aliphatic hydroxyl groups excluding tert-OH is 1. The van der Waals surface area contributed by atoms with Crippen molar-refractivity contribution in [3.8, 4) is 0 Å². The van der Waals surface area contributed by atoms with Gasteiger partial charge in [0.2, 0.25) is 0 Å². The third kappa shape index (κ3) is 4.05. The second kappa shape index (κ2) is 5.03. The van der Waals surface area contributed by atoms with E-state index in [-0.39, 0.29) is 6.73 Å². The van der Waals surface area contributed by atoms with Crippen LogP contribution in [0.3, 0.4) is 0 Å². The van der Waals surface area contributed by atoms with Gasteiger partial charge in [0.1, 0.15) is 0 Å². The lowest BCUT2D eigenvalue weighted by Gasteiger charge is -2.09. The Morgan fingerprint density at radius 1 is 1.62 bits per heavy atom. The van der Waals surface area contributed by atoms with E-state index in [1.807, 2.05) is 14.0 Å². The first kappa shape index (κ1) is 7.88. The predicted molar refractivity (Wildman–Crippen MR) is 33.6 cm³/mol. The summed E-state index contributed by atoms with van der Waals surface area (Å²) in [6, 6.07) is 0.352. The Morgan fingerprint density at radius 3 is 2.62 bits per heavy atom. The summed E-state index contributed by atoms with van der Waals surface area (Å²) < 4.78 is 0. The van der Waals surface area contributed by atoms with Crippen molar-refractivity contribution in [3.05, 3.63) is 0 Å². The molecule has 3 N–H and O–H groups in total. The predicted octanol–water partition coefficient (Wildman–Crippen LogP) is -0.866. The highest BCUT2D eigenvalue weighted by molar-refractivity contribution is 4.57. The van der Waals surface area contributed by atoms with Crippen molar-refractivity contribution in [3.63, 3.8) is 0 Å². The molecule has 0 aliphatic rings. The molecule has 0 heterocycles. The maximum Gasteiger partial charge on any atom is 0.0933 e. The highest BCUT2D eigenvalue weighted by Gasteiger charge is 1.93. The molecule has 0 aliphatic carbocycles. The fraction of sp³-hybridized carbons (Fsp3) is 1.00. The average molecular weight is 118 g/mol. The molecule has 0 fully saturated rings. The Balaban J connectivity index is 2.92. The lowest BCUT2D eigenvalue weighted by molar-refractivity contribution is 0.243. The molecule has 50 valence electrons. The zero-order valence-electron chi connectivity index (χ0n) is 5.44. The summed E-state index contributed by atoms with van der Waals surface area (Å²) in [5.74, 6) is 0. The third-order valence-corrected chi connectivity index (χ3v) is 0.950. The number of aliphatic hydroxyl groups is 1. The molecule has 8 heavy (non-hydrogen) atoms. The summed E-state index contributed by atoms with van der Waals surface area (Å²) in [7, 11) is 1.88. The fourth-order valence-corrected chi connectivity index (χ4v) is 0.534. The van der Waals surface area contributed by atoms with Crippen LogP contribution >= 0.6 is 0 Å². The van der Waals surface area contributed by atoms with E-state index >= 15 is 0 Å². The first-order chi connectivity index (χ1) is 3.81. The lowest BCUT2D eigenvalue weighted by atomic mass is 10.3. The van der Waals surface area contributed by atoms with Crippen molar-refractivity contribution in [2.24, 2.45) is 0 Å². The molecule has 0 saturated heterocycles. The second-order valence-electron chi connectivity index (χ2n) is 1.82. The molecule has 0 amide bonds. The van der Waals surface area contributed by atoms with Gasteiger partial charge in [-0.3, -0.25) is 5.32 Å². The van der Waals surface area contributed by atoms with Gasteiger partial charge in [-0.15, -0.1) is 0 Å². The summed E-state index contributed by atoms with van der Waals surface area (Å²) in [4.78, 5) is 0. The molecule has 3 heteroatoms. The van der Waals surface area contributed by atoms with Gasteiger partial charge in [0.05, 0.1) is 6.73 Å². The van der Waals surface area contributed by atoms with E-state index < -0.39 is 0 Å². The van der Waals surface area contributed by atoms with Gasteiger partial charge in [0, 0.05) is 12.6 Å². The van der Waals surface area contributed by atoms with Crippen LogP contribution < -0.4 is 10.6 Å². The first-order valence-corrected chi connectivity index (χ1v) is 2.80. The van der Waals surface area contributed by atoms with Gasteiger partial charge in [-0.05, 0) is 14.0 Å². The topological polar surface area (TPSA) is 44.3 Å². The number of nitrogens with one attached hydrogen (secondary N) is 2. The number of likely N-dealkylation sites (N-methyl/N-ethyl adjacent to an activating group) is 1. The van der Waals surface area contributed by atoms with Crippen LogP contribution in [0.2, 0.25) is 0 Å². The first-order valence-electron chi connectivity index (χ1n) is 2.80. The van der Waals surface area contributed by atoms with Gasteiger partial charge < -0.3 is 10.4 Å².